The minimum absolute atomic E-state index is 0.127. The Balaban J connectivity index is 1.69. The van der Waals surface area contributed by atoms with Crippen molar-refractivity contribution < 1.29 is 4.79 Å². The number of fused-ring (bicyclic) bond motifs is 2. The molecule has 2 nitrogen and oxygen atoms in total. The zero-order valence-corrected chi connectivity index (χ0v) is 13.4. The van der Waals surface area contributed by atoms with E-state index in [1.807, 2.05) is 0 Å². The average Bonchev–Trinajstić information content (AvgIpc) is 2.93. The summed E-state index contributed by atoms with van der Waals surface area (Å²) in [6.07, 6.45) is 13.8. The molecule has 0 aromatic heterocycles. The molecular formula is C18H31NO. The van der Waals surface area contributed by atoms with Gasteiger partial charge in [-0.05, 0) is 64.0 Å². The van der Waals surface area contributed by atoms with Crippen LogP contribution >= 0.6 is 0 Å². The lowest BCUT2D eigenvalue weighted by Crippen LogP contribution is -2.51. The summed E-state index contributed by atoms with van der Waals surface area (Å²) in [7, 11) is 4.26. The Kier molecular flexibility index (Phi) is 4.21. The predicted octanol–water partition coefficient (Wildman–Crippen LogP) is 4.04. The number of nitrogens with zero attached hydrogens (tertiary/aromatic N) is 1. The van der Waals surface area contributed by atoms with Crippen LogP contribution in [0.15, 0.2) is 0 Å². The van der Waals surface area contributed by atoms with E-state index in [9.17, 15) is 4.79 Å². The largest absolute Gasteiger partial charge is 0.298 e. The normalized spacial score (nSPS) is 36.2. The molecule has 114 valence electrons. The Bertz CT molecular complexity index is 354. The van der Waals surface area contributed by atoms with Crippen molar-refractivity contribution in [1.29, 1.82) is 0 Å². The van der Waals surface area contributed by atoms with Gasteiger partial charge in [-0.15, -0.1) is 0 Å². The fourth-order valence-corrected chi connectivity index (χ4v) is 5.34. The van der Waals surface area contributed by atoms with E-state index in [1.54, 1.807) is 0 Å². The van der Waals surface area contributed by atoms with Crippen molar-refractivity contribution in [1.82, 2.24) is 4.90 Å². The molecule has 0 N–H and O–H groups in total. The molecule has 3 aliphatic rings. The van der Waals surface area contributed by atoms with E-state index >= 15 is 0 Å². The topological polar surface area (TPSA) is 20.3 Å². The summed E-state index contributed by atoms with van der Waals surface area (Å²) in [5.41, 5.74) is -0.127. The van der Waals surface area contributed by atoms with Crippen LogP contribution < -0.4 is 0 Å². The van der Waals surface area contributed by atoms with Gasteiger partial charge in [0.15, 0.2) is 5.78 Å². The van der Waals surface area contributed by atoms with Crippen LogP contribution in [-0.4, -0.2) is 30.3 Å². The van der Waals surface area contributed by atoms with Crippen LogP contribution in [0.5, 0.6) is 0 Å². The summed E-state index contributed by atoms with van der Waals surface area (Å²) in [5.74, 6) is 3.14. The standard InChI is InChI=1S/C18H31NO/c1-19(2)18(9-5-3-4-6-10-18)17(20)13-16-12-14-7-8-15(16)11-14/h14-16H,3-13H2,1-2H3. The number of carbonyl (C=O) groups is 1. The molecule has 3 unspecified atom stereocenters. The third-order valence-corrected chi connectivity index (χ3v) is 6.64. The summed E-state index contributed by atoms with van der Waals surface area (Å²) >= 11 is 0. The van der Waals surface area contributed by atoms with Gasteiger partial charge in [-0.25, -0.2) is 0 Å². The number of ketones is 1. The summed E-state index contributed by atoms with van der Waals surface area (Å²) < 4.78 is 0. The van der Waals surface area contributed by atoms with Crippen molar-refractivity contribution in [3.05, 3.63) is 0 Å². The molecule has 0 spiro atoms. The van der Waals surface area contributed by atoms with Crippen LogP contribution in [-0.2, 0) is 4.79 Å². The summed E-state index contributed by atoms with van der Waals surface area (Å²) in [6, 6.07) is 0. The molecule has 0 aliphatic heterocycles. The SMILES string of the molecule is CN(C)C1(C(=O)CC2CC3CCC2C3)CCCCCC1. The summed E-state index contributed by atoms with van der Waals surface area (Å²) in [5, 5.41) is 0. The van der Waals surface area contributed by atoms with Gasteiger partial charge in [0, 0.05) is 6.42 Å². The lowest BCUT2D eigenvalue weighted by atomic mass is 9.77. The third-order valence-electron chi connectivity index (χ3n) is 6.64. The van der Waals surface area contributed by atoms with E-state index in [1.165, 1.54) is 51.4 Å². The lowest BCUT2D eigenvalue weighted by molar-refractivity contribution is -0.132. The Labute approximate surface area is 124 Å². The zero-order chi connectivity index (χ0) is 14.2. The van der Waals surface area contributed by atoms with Crippen molar-refractivity contribution in [3.8, 4) is 0 Å². The molecule has 0 radical (unpaired) electrons. The summed E-state index contributed by atoms with van der Waals surface area (Å²) in [4.78, 5) is 15.4. The molecule has 0 heterocycles. The highest BCUT2D eigenvalue weighted by molar-refractivity contribution is 5.88. The molecule has 20 heavy (non-hydrogen) atoms. The van der Waals surface area contributed by atoms with Gasteiger partial charge >= 0.3 is 0 Å². The molecule has 0 aromatic carbocycles. The van der Waals surface area contributed by atoms with E-state index in [4.69, 9.17) is 0 Å². The first-order valence-electron chi connectivity index (χ1n) is 8.82. The van der Waals surface area contributed by atoms with E-state index in [0.717, 1.165) is 37.0 Å². The predicted molar refractivity (Wildman–Crippen MR) is 82.7 cm³/mol. The second kappa shape index (κ2) is 5.79. The fourth-order valence-electron chi connectivity index (χ4n) is 5.34. The van der Waals surface area contributed by atoms with Crippen molar-refractivity contribution >= 4 is 5.78 Å². The Morgan fingerprint density at radius 1 is 1.05 bits per heavy atom. The first-order chi connectivity index (χ1) is 9.62. The molecule has 0 amide bonds. The monoisotopic (exact) mass is 277 g/mol. The molecule has 0 saturated heterocycles. The Morgan fingerprint density at radius 3 is 2.25 bits per heavy atom. The molecule has 3 saturated carbocycles. The number of rotatable bonds is 4. The summed E-state index contributed by atoms with van der Waals surface area (Å²) in [6.45, 7) is 0. The maximum absolute atomic E-state index is 13.1. The first kappa shape index (κ1) is 14.6. The van der Waals surface area contributed by atoms with Gasteiger partial charge in [0.1, 0.15) is 0 Å². The molecule has 2 heteroatoms. The van der Waals surface area contributed by atoms with Gasteiger partial charge in [-0.1, -0.05) is 32.1 Å². The highest BCUT2D eigenvalue weighted by Crippen LogP contribution is 2.50. The maximum Gasteiger partial charge on any atom is 0.153 e. The highest BCUT2D eigenvalue weighted by Gasteiger charge is 2.45. The fraction of sp³-hybridized carbons (Fsp3) is 0.944. The van der Waals surface area contributed by atoms with Gasteiger partial charge in [0.2, 0.25) is 0 Å². The smallest absolute Gasteiger partial charge is 0.153 e. The lowest BCUT2D eigenvalue weighted by Gasteiger charge is -2.39. The van der Waals surface area contributed by atoms with Crippen LogP contribution in [0.1, 0.15) is 70.6 Å². The maximum atomic E-state index is 13.1. The van der Waals surface area contributed by atoms with E-state index in [2.05, 4.69) is 19.0 Å². The molecule has 3 rings (SSSR count). The number of carbonyl (C=O) groups excluding carboxylic acids is 1. The number of Topliss-reactive ketones (excluding diaryl/α,β-unsaturated/α-hetero) is 1. The minimum Gasteiger partial charge on any atom is -0.298 e. The van der Waals surface area contributed by atoms with Crippen molar-refractivity contribution in [2.45, 2.75) is 76.2 Å². The molecular weight excluding hydrogens is 246 g/mol. The number of hydrogen-bond acceptors (Lipinski definition) is 2. The molecule has 3 aliphatic carbocycles. The van der Waals surface area contributed by atoms with Gasteiger partial charge < -0.3 is 0 Å². The molecule has 3 fully saturated rings. The second-order valence-corrected chi connectivity index (χ2v) is 7.90. The van der Waals surface area contributed by atoms with Crippen molar-refractivity contribution in [2.24, 2.45) is 17.8 Å². The van der Waals surface area contributed by atoms with Gasteiger partial charge in [0.05, 0.1) is 5.54 Å². The molecule has 2 bridgehead atoms. The second-order valence-electron chi connectivity index (χ2n) is 7.90. The van der Waals surface area contributed by atoms with Crippen LogP contribution in [0.3, 0.4) is 0 Å². The molecule has 3 atom stereocenters. The third kappa shape index (κ3) is 2.56. The van der Waals surface area contributed by atoms with E-state index in [-0.39, 0.29) is 5.54 Å². The van der Waals surface area contributed by atoms with Crippen molar-refractivity contribution in [3.63, 3.8) is 0 Å². The van der Waals surface area contributed by atoms with E-state index < -0.39 is 0 Å². The van der Waals surface area contributed by atoms with Gasteiger partial charge in [-0.2, -0.15) is 0 Å². The van der Waals surface area contributed by atoms with Crippen LogP contribution in [0, 0.1) is 17.8 Å². The Hall–Kier alpha value is -0.370. The van der Waals surface area contributed by atoms with Crippen LogP contribution in [0.4, 0.5) is 0 Å². The van der Waals surface area contributed by atoms with E-state index in [0.29, 0.717) is 5.78 Å². The van der Waals surface area contributed by atoms with Crippen LogP contribution in [0.2, 0.25) is 0 Å². The van der Waals surface area contributed by atoms with Gasteiger partial charge in [-0.3, -0.25) is 9.69 Å². The van der Waals surface area contributed by atoms with Crippen molar-refractivity contribution in [2.75, 3.05) is 14.1 Å². The first-order valence-corrected chi connectivity index (χ1v) is 8.82. The number of hydrogen-bond donors (Lipinski definition) is 0. The van der Waals surface area contributed by atoms with Gasteiger partial charge in [0.25, 0.3) is 0 Å². The Morgan fingerprint density at radius 2 is 1.75 bits per heavy atom. The molecule has 0 aromatic rings. The number of likely N-dealkylation sites (N-methyl/N-ethyl adjacent to an activating group) is 1. The minimum atomic E-state index is -0.127. The van der Waals surface area contributed by atoms with Crippen LogP contribution in [0.25, 0.3) is 0 Å². The zero-order valence-electron chi connectivity index (χ0n) is 13.4. The average molecular weight is 277 g/mol. The highest BCUT2D eigenvalue weighted by atomic mass is 16.1. The quantitative estimate of drug-likeness (QED) is 0.723.